The van der Waals surface area contributed by atoms with E-state index in [2.05, 4.69) is 21.8 Å². The number of hydrogen-bond acceptors (Lipinski definition) is 6. The molecule has 0 saturated carbocycles. The predicted octanol–water partition coefficient (Wildman–Crippen LogP) is 3.80. The molecule has 0 aliphatic carbocycles. The van der Waals surface area contributed by atoms with E-state index in [4.69, 9.17) is 9.15 Å². The number of oxazole rings is 1. The zero-order valence-electron chi connectivity index (χ0n) is 19.7. The number of ether oxygens (including phenoxy) is 1. The molecule has 7 nitrogen and oxygen atoms in total. The molecule has 1 aliphatic heterocycles. The van der Waals surface area contributed by atoms with Crippen LogP contribution in [-0.2, 0) is 19.6 Å². The van der Waals surface area contributed by atoms with Crippen molar-refractivity contribution in [2.45, 2.75) is 26.6 Å². The highest BCUT2D eigenvalue weighted by Crippen LogP contribution is 2.18. The molecule has 0 N–H and O–H groups in total. The van der Waals surface area contributed by atoms with Gasteiger partial charge in [-0.15, -0.1) is 0 Å². The van der Waals surface area contributed by atoms with Gasteiger partial charge in [-0.05, 0) is 49.4 Å². The van der Waals surface area contributed by atoms with E-state index in [0.29, 0.717) is 50.9 Å². The van der Waals surface area contributed by atoms with Gasteiger partial charge in [0.15, 0.2) is 5.69 Å². The minimum Gasteiger partial charge on any atom is -0.494 e. The lowest BCUT2D eigenvalue weighted by Gasteiger charge is -2.31. The fourth-order valence-electron chi connectivity index (χ4n) is 3.98. The van der Waals surface area contributed by atoms with Crippen LogP contribution in [0.3, 0.4) is 0 Å². The Morgan fingerprint density at radius 3 is 2.24 bits per heavy atom. The second kappa shape index (κ2) is 11.3. The molecule has 0 bridgehead atoms. The Hall–Kier alpha value is -3.23. The second-order valence-electron chi connectivity index (χ2n) is 8.57. The first kappa shape index (κ1) is 23.9. The van der Waals surface area contributed by atoms with Crippen molar-refractivity contribution in [1.82, 2.24) is 19.7 Å². The number of benzene rings is 2. The molecule has 8 heteroatoms. The van der Waals surface area contributed by atoms with Crippen molar-refractivity contribution in [3.63, 3.8) is 0 Å². The molecular formula is C26H31FN4O3. The zero-order valence-corrected chi connectivity index (χ0v) is 19.7. The monoisotopic (exact) mass is 466 g/mol. The average molecular weight is 467 g/mol. The van der Waals surface area contributed by atoms with E-state index in [1.54, 1.807) is 12.1 Å². The number of carbonyl (C=O) groups excluding carboxylic acids is 1. The van der Waals surface area contributed by atoms with Crippen molar-refractivity contribution >= 4 is 5.91 Å². The fraction of sp³-hybridized carbons (Fsp3) is 0.385. The van der Waals surface area contributed by atoms with Crippen molar-refractivity contribution in [1.29, 1.82) is 0 Å². The van der Waals surface area contributed by atoms with Crippen LogP contribution in [-0.4, -0.2) is 65.4 Å². The molecule has 180 valence electrons. The summed E-state index contributed by atoms with van der Waals surface area (Å²) in [6.45, 7) is 7.28. The SMILES string of the molecule is CCOc1ccc(CN(Cc2ccc(F)cc2)Cc2nc(C(=O)N3CCN(C)CC3)co2)cc1. The molecule has 2 aromatic carbocycles. The first-order valence-corrected chi connectivity index (χ1v) is 11.6. The van der Waals surface area contributed by atoms with Gasteiger partial charge in [-0.2, -0.15) is 0 Å². The smallest absolute Gasteiger partial charge is 0.275 e. The van der Waals surface area contributed by atoms with Gasteiger partial charge in [-0.3, -0.25) is 9.69 Å². The Kier molecular flexibility index (Phi) is 7.92. The molecule has 0 radical (unpaired) electrons. The van der Waals surface area contributed by atoms with E-state index in [9.17, 15) is 9.18 Å². The third-order valence-electron chi connectivity index (χ3n) is 5.88. The largest absolute Gasteiger partial charge is 0.494 e. The average Bonchev–Trinajstić information content (AvgIpc) is 3.30. The Morgan fingerprint density at radius 2 is 1.62 bits per heavy atom. The van der Waals surface area contributed by atoms with Crippen LogP contribution in [0.1, 0.15) is 34.4 Å². The fourth-order valence-corrected chi connectivity index (χ4v) is 3.98. The summed E-state index contributed by atoms with van der Waals surface area (Å²) in [5, 5.41) is 0. The Morgan fingerprint density at radius 1 is 1.00 bits per heavy atom. The van der Waals surface area contributed by atoms with Crippen LogP contribution < -0.4 is 4.74 Å². The molecule has 0 spiro atoms. The maximum atomic E-state index is 13.4. The normalized spacial score (nSPS) is 14.5. The Balaban J connectivity index is 1.46. The number of halogens is 1. The molecule has 1 aromatic heterocycles. The highest BCUT2D eigenvalue weighted by Gasteiger charge is 2.23. The van der Waals surface area contributed by atoms with E-state index in [-0.39, 0.29) is 11.7 Å². The number of carbonyl (C=O) groups is 1. The Labute approximate surface area is 199 Å². The summed E-state index contributed by atoms with van der Waals surface area (Å²) in [5.74, 6) is 0.947. The van der Waals surface area contributed by atoms with Crippen molar-refractivity contribution in [2.24, 2.45) is 0 Å². The van der Waals surface area contributed by atoms with Crippen LogP contribution in [0.25, 0.3) is 0 Å². The summed E-state index contributed by atoms with van der Waals surface area (Å²) in [6.07, 6.45) is 1.45. The van der Waals surface area contributed by atoms with Gasteiger partial charge in [-0.25, -0.2) is 9.37 Å². The molecule has 1 amide bonds. The molecule has 3 aromatic rings. The van der Waals surface area contributed by atoms with Gasteiger partial charge in [0, 0.05) is 39.3 Å². The van der Waals surface area contributed by atoms with E-state index in [1.165, 1.54) is 18.4 Å². The summed E-state index contributed by atoms with van der Waals surface area (Å²) in [6, 6.07) is 14.4. The van der Waals surface area contributed by atoms with E-state index in [1.807, 2.05) is 36.1 Å². The van der Waals surface area contributed by atoms with Gasteiger partial charge in [-0.1, -0.05) is 24.3 Å². The van der Waals surface area contributed by atoms with Gasteiger partial charge in [0.25, 0.3) is 5.91 Å². The van der Waals surface area contributed by atoms with Crippen LogP contribution in [0, 0.1) is 5.82 Å². The van der Waals surface area contributed by atoms with E-state index < -0.39 is 0 Å². The molecule has 0 unspecified atom stereocenters. The predicted molar refractivity (Wildman–Crippen MR) is 127 cm³/mol. The number of nitrogens with zero attached hydrogens (tertiary/aromatic N) is 4. The maximum absolute atomic E-state index is 13.4. The van der Waals surface area contributed by atoms with Crippen LogP contribution in [0.5, 0.6) is 5.75 Å². The number of likely N-dealkylation sites (N-methyl/N-ethyl adjacent to an activating group) is 1. The lowest BCUT2D eigenvalue weighted by Crippen LogP contribution is -2.47. The van der Waals surface area contributed by atoms with Crippen molar-refractivity contribution in [3.8, 4) is 5.75 Å². The highest BCUT2D eigenvalue weighted by atomic mass is 19.1. The van der Waals surface area contributed by atoms with Gasteiger partial charge in [0.2, 0.25) is 5.89 Å². The highest BCUT2D eigenvalue weighted by molar-refractivity contribution is 5.92. The zero-order chi connectivity index (χ0) is 23.9. The minimum atomic E-state index is -0.262. The molecule has 1 aliphatic rings. The summed E-state index contributed by atoms with van der Waals surface area (Å²) in [4.78, 5) is 23.5. The Bertz CT molecular complexity index is 1060. The first-order chi connectivity index (χ1) is 16.5. The van der Waals surface area contributed by atoms with Crippen LogP contribution >= 0.6 is 0 Å². The van der Waals surface area contributed by atoms with Crippen molar-refractivity contribution in [2.75, 3.05) is 39.8 Å². The molecule has 0 atom stereocenters. The van der Waals surface area contributed by atoms with Gasteiger partial charge >= 0.3 is 0 Å². The summed E-state index contributed by atoms with van der Waals surface area (Å²) in [7, 11) is 2.05. The first-order valence-electron chi connectivity index (χ1n) is 11.6. The van der Waals surface area contributed by atoms with Gasteiger partial charge < -0.3 is 19.0 Å². The van der Waals surface area contributed by atoms with Gasteiger partial charge in [0.05, 0.1) is 13.2 Å². The molecule has 34 heavy (non-hydrogen) atoms. The number of hydrogen-bond donors (Lipinski definition) is 0. The van der Waals surface area contributed by atoms with Gasteiger partial charge in [0.1, 0.15) is 17.8 Å². The van der Waals surface area contributed by atoms with Crippen LogP contribution in [0.4, 0.5) is 4.39 Å². The standard InChI is InChI=1S/C26H31FN4O3/c1-3-33-23-10-6-21(7-11-23)17-30(16-20-4-8-22(27)9-5-20)18-25-28-24(19-34-25)26(32)31-14-12-29(2)13-15-31/h4-11,19H,3,12-18H2,1-2H3. The van der Waals surface area contributed by atoms with E-state index in [0.717, 1.165) is 30.0 Å². The molecule has 1 saturated heterocycles. The third-order valence-corrected chi connectivity index (χ3v) is 5.88. The summed E-state index contributed by atoms with van der Waals surface area (Å²) >= 11 is 0. The third kappa shape index (κ3) is 6.42. The number of aromatic nitrogens is 1. The lowest BCUT2D eigenvalue weighted by molar-refractivity contribution is 0.0658. The van der Waals surface area contributed by atoms with Crippen molar-refractivity contribution < 1.29 is 18.3 Å². The number of piperazine rings is 1. The molecule has 1 fully saturated rings. The molecular weight excluding hydrogens is 435 g/mol. The summed E-state index contributed by atoms with van der Waals surface area (Å²) in [5.41, 5.74) is 2.42. The van der Waals surface area contributed by atoms with E-state index >= 15 is 0 Å². The molecule has 2 heterocycles. The van der Waals surface area contributed by atoms with Crippen molar-refractivity contribution in [3.05, 3.63) is 83.3 Å². The number of amides is 1. The minimum absolute atomic E-state index is 0.0975. The summed E-state index contributed by atoms with van der Waals surface area (Å²) < 4.78 is 24.6. The topological polar surface area (TPSA) is 62.1 Å². The molecule has 4 rings (SSSR count). The number of rotatable bonds is 9. The second-order valence-corrected chi connectivity index (χ2v) is 8.57. The quantitative estimate of drug-likeness (QED) is 0.478. The maximum Gasteiger partial charge on any atom is 0.275 e. The van der Waals surface area contributed by atoms with Crippen LogP contribution in [0.2, 0.25) is 0 Å². The lowest BCUT2D eigenvalue weighted by atomic mass is 10.1. The van der Waals surface area contributed by atoms with Crippen LogP contribution in [0.15, 0.2) is 59.2 Å².